The van der Waals surface area contributed by atoms with E-state index in [1.165, 1.54) is 16.8 Å². The molecule has 0 radical (unpaired) electrons. The van der Waals surface area contributed by atoms with Crippen molar-refractivity contribution in [2.24, 2.45) is 5.92 Å². The monoisotopic (exact) mass is 464 g/mol. The number of pyridine rings is 1. The van der Waals surface area contributed by atoms with Crippen molar-refractivity contribution >= 4 is 17.6 Å². The van der Waals surface area contributed by atoms with Gasteiger partial charge in [0.1, 0.15) is 0 Å². The first kappa shape index (κ1) is 23.9. The van der Waals surface area contributed by atoms with Gasteiger partial charge in [-0.25, -0.2) is 0 Å². The van der Waals surface area contributed by atoms with Crippen LogP contribution in [0.4, 0.5) is 0 Å². The number of ketones is 1. The van der Waals surface area contributed by atoms with Gasteiger partial charge in [0, 0.05) is 63.0 Å². The van der Waals surface area contributed by atoms with Gasteiger partial charge in [-0.1, -0.05) is 43.3 Å². The molecule has 8 nitrogen and oxygen atoms in total. The van der Waals surface area contributed by atoms with Crippen LogP contribution in [0.3, 0.4) is 0 Å². The van der Waals surface area contributed by atoms with Crippen molar-refractivity contribution in [3.63, 3.8) is 0 Å². The fourth-order valence-corrected chi connectivity index (χ4v) is 4.83. The van der Waals surface area contributed by atoms with Crippen LogP contribution in [0.25, 0.3) is 0 Å². The highest BCUT2D eigenvalue weighted by Crippen LogP contribution is 2.24. The molecule has 180 valence electrons. The molecule has 8 heteroatoms. The number of nitrogens with zero attached hydrogens (tertiary/aromatic N) is 4. The zero-order chi connectivity index (χ0) is 24.1. The highest BCUT2D eigenvalue weighted by atomic mass is 16.2. The number of rotatable bonds is 6. The van der Waals surface area contributed by atoms with E-state index in [1.807, 2.05) is 4.90 Å². The lowest BCUT2D eigenvalue weighted by Crippen LogP contribution is -2.52. The Morgan fingerprint density at radius 2 is 1.50 bits per heavy atom. The number of likely N-dealkylation sites (tertiary alicyclic amines) is 1. The minimum absolute atomic E-state index is 0.111. The molecule has 2 aliphatic heterocycles. The summed E-state index contributed by atoms with van der Waals surface area (Å²) in [6.45, 7) is 7.20. The summed E-state index contributed by atoms with van der Waals surface area (Å²) in [6, 6.07) is 11.9. The molecule has 2 amide bonds. The normalized spacial score (nSPS) is 18.5. The predicted octanol–water partition coefficient (Wildman–Crippen LogP) is 1.67. The third-order valence-electron chi connectivity index (χ3n) is 6.96. The number of hydrogen-bond acceptors (Lipinski definition) is 5. The lowest BCUT2D eigenvalue weighted by molar-refractivity contribution is -0.142. The quantitative estimate of drug-likeness (QED) is 0.480. The van der Waals surface area contributed by atoms with Gasteiger partial charge in [0.05, 0.1) is 0 Å². The molecular formula is C26H32N4O4. The Bertz CT molecular complexity index is 1070. The lowest BCUT2D eigenvalue weighted by atomic mass is 9.93. The van der Waals surface area contributed by atoms with Crippen molar-refractivity contribution in [3.8, 4) is 0 Å². The summed E-state index contributed by atoms with van der Waals surface area (Å²) in [6.07, 6.45) is 2.61. The van der Waals surface area contributed by atoms with Gasteiger partial charge in [0.2, 0.25) is 5.91 Å². The molecule has 0 N–H and O–H groups in total. The highest BCUT2D eigenvalue weighted by Gasteiger charge is 2.37. The van der Waals surface area contributed by atoms with E-state index in [0.29, 0.717) is 31.5 Å². The fourth-order valence-electron chi connectivity index (χ4n) is 4.83. The Morgan fingerprint density at radius 3 is 2.12 bits per heavy atom. The summed E-state index contributed by atoms with van der Waals surface area (Å²) >= 11 is 0. The molecule has 3 heterocycles. The van der Waals surface area contributed by atoms with Crippen LogP contribution in [0.15, 0.2) is 59.5 Å². The molecule has 2 fully saturated rings. The summed E-state index contributed by atoms with van der Waals surface area (Å²) in [4.78, 5) is 58.4. The molecule has 1 atom stereocenters. The van der Waals surface area contributed by atoms with Crippen molar-refractivity contribution in [1.29, 1.82) is 0 Å². The minimum atomic E-state index is -1.26. The molecule has 0 spiro atoms. The van der Waals surface area contributed by atoms with Crippen molar-refractivity contribution in [2.75, 3.05) is 45.8 Å². The number of piperidine rings is 1. The third-order valence-corrected chi connectivity index (χ3v) is 6.96. The summed E-state index contributed by atoms with van der Waals surface area (Å²) < 4.78 is 1.21. The molecule has 1 aromatic heterocycles. The second-order valence-electron chi connectivity index (χ2n) is 8.94. The van der Waals surface area contributed by atoms with Crippen LogP contribution in [0.1, 0.15) is 36.2 Å². The van der Waals surface area contributed by atoms with Crippen LogP contribution in [0, 0.1) is 5.92 Å². The summed E-state index contributed by atoms with van der Waals surface area (Å²) in [5, 5.41) is 0. The fraction of sp³-hybridized carbons (Fsp3) is 0.462. The molecule has 2 aromatic rings. The highest BCUT2D eigenvalue weighted by molar-refractivity contribution is 6.11. The minimum Gasteiger partial charge on any atom is -0.340 e. The van der Waals surface area contributed by atoms with Crippen LogP contribution < -0.4 is 5.56 Å². The first-order valence-electron chi connectivity index (χ1n) is 12.1. The number of Topliss-reactive ketones (excluding diaryl/α,β-unsaturated/α-hetero) is 1. The SMILES string of the molecule is CCN1CCN(C(=O)C2CCN(C(=O)C(C(=O)c3ccccc3)n3ccccc3=O)CC2)CC1. The van der Waals surface area contributed by atoms with Gasteiger partial charge in [0.15, 0.2) is 11.8 Å². The van der Waals surface area contributed by atoms with Gasteiger partial charge in [-0.2, -0.15) is 0 Å². The molecule has 0 bridgehead atoms. The van der Waals surface area contributed by atoms with Crippen LogP contribution in [-0.2, 0) is 9.59 Å². The zero-order valence-electron chi connectivity index (χ0n) is 19.6. The molecule has 2 aliphatic rings. The summed E-state index contributed by atoms with van der Waals surface area (Å²) in [7, 11) is 0. The van der Waals surface area contributed by atoms with E-state index >= 15 is 0 Å². The number of benzene rings is 1. The van der Waals surface area contributed by atoms with Crippen molar-refractivity contribution in [3.05, 3.63) is 70.6 Å². The largest absolute Gasteiger partial charge is 0.340 e. The Hall–Kier alpha value is -3.26. The molecule has 4 rings (SSSR count). The van der Waals surface area contributed by atoms with E-state index in [9.17, 15) is 19.2 Å². The Kier molecular flexibility index (Phi) is 7.57. The van der Waals surface area contributed by atoms with Gasteiger partial charge in [-0.15, -0.1) is 0 Å². The average molecular weight is 465 g/mol. The van der Waals surface area contributed by atoms with E-state index in [-0.39, 0.29) is 11.8 Å². The molecular weight excluding hydrogens is 432 g/mol. The molecule has 0 aliphatic carbocycles. The molecule has 0 saturated carbocycles. The maximum atomic E-state index is 13.6. The molecule has 34 heavy (non-hydrogen) atoms. The average Bonchev–Trinajstić information content (AvgIpc) is 2.90. The number of carbonyl (C=O) groups excluding carboxylic acids is 3. The third kappa shape index (κ3) is 5.12. The number of amides is 2. The zero-order valence-corrected chi connectivity index (χ0v) is 19.6. The van der Waals surface area contributed by atoms with Gasteiger partial charge in [-0.3, -0.25) is 23.7 Å². The Balaban J connectivity index is 1.46. The van der Waals surface area contributed by atoms with Gasteiger partial charge >= 0.3 is 0 Å². The van der Waals surface area contributed by atoms with Crippen molar-refractivity contribution in [2.45, 2.75) is 25.8 Å². The van der Waals surface area contributed by atoms with Gasteiger partial charge < -0.3 is 14.7 Å². The lowest BCUT2D eigenvalue weighted by Gasteiger charge is -2.38. The number of piperazine rings is 1. The number of carbonyl (C=O) groups is 3. The topological polar surface area (TPSA) is 82.9 Å². The predicted molar refractivity (Wildman–Crippen MR) is 129 cm³/mol. The Labute approximate surface area is 199 Å². The first-order valence-corrected chi connectivity index (χ1v) is 12.1. The van der Waals surface area contributed by atoms with Gasteiger partial charge in [-0.05, 0) is 25.5 Å². The molecule has 2 saturated heterocycles. The Morgan fingerprint density at radius 1 is 0.853 bits per heavy atom. The van der Waals surface area contributed by atoms with Crippen LogP contribution in [0.5, 0.6) is 0 Å². The number of aromatic nitrogens is 1. The molecule has 1 unspecified atom stereocenters. The van der Waals surface area contributed by atoms with E-state index < -0.39 is 23.3 Å². The summed E-state index contributed by atoms with van der Waals surface area (Å²) in [5.74, 6) is -0.755. The maximum absolute atomic E-state index is 13.6. The van der Waals surface area contributed by atoms with Crippen LogP contribution in [0.2, 0.25) is 0 Å². The van der Waals surface area contributed by atoms with Crippen LogP contribution in [-0.4, -0.2) is 82.7 Å². The summed E-state index contributed by atoms with van der Waals surface area (Å²) in [5.41, 5.74) is -0.0192. The second kappa shape index (κ2) is 10.8. The van der Waals surface area contributed by atoms with E-state index in [0.717, 1.165) is 32.7 Å². The maximum Gasteiger partial charge on any atom is 0.253 e. The van der Waals surface area contributed by atoms with E-state index in [1.54, 1.807) is 47.4 Å². The number of likely N-dealkylation sites (N-methyl/N-ethyl adjacent to an activating group) is 1. The first-order chi connectivity index (χ1) is 16.5. The standard InChI is InChI=1S/C26H32N4O4/c1-2-27-16-18-29(19-17-27)25(33)21-11-14-28(15-12-21)26(34)23(30-13-7-6-10-22(30)31)24(32)20-8-4-3-5-9-20/h3-10,13,21,23H,2,11-12,14-19H2,1H3. The van der Waals surface area contributed by atoms with E-state index in [2.05, 4.69) is 11.8 Å². The van der Waals surface area contributed by atoms with Crippen molar-refractivity contribution < 1.29 is 14.4 Å². The second-order valence-corrected chi connectivity index (χ2v) is 8.94. The number of hydrogen-bond donors (Lipinski definition) is 0. The van der Waals surface area contributed by atoms with Crippen molar-refractivity contribution in [1.82, 2.24) is 19.3 Å². The smallest absolute Gasteiger partial charge is 0.253 e. The van der Waals surface area contributed by atoms with Crippen LogP contribution >= 0.6 is 0 Å². The van der Waals surface area contributed by atoms with E-state index in [4.69, 9.17) is 0 Å². The van der Waals surface area contributed by atoms with Gasteiger partial charge in [0.25, 0.3) is 11.5 Å². The molecule has 1 aromatic carbocycles.